The Morgan fingerprint density at radius 1 is 1.20 bits per heavy atom. The molecular formula is C12H23N3O4S. The molecule has 4 atom stereocenters. The summed E-state index contributed by atoms with van der Waals surface area (Å²) in [6.07, 6.45) is 0.738. The molecule has 0 aliphatic heterocycles. The first-order chi connectivity index (χ1) is 9.24. The van der Waals surface area contributed by atoms with Crippen LogP contribution in [0.4, 0.5) is 0 Å². The van der Waals surface area contributed by atoms with Gasteiger partial charge in [0.05, 0.1) is 6.04 Å². The van der Waals surface area contributed by atoms with Gasteiger partial charge in [-0.3, -0.25) is 14.4 Å². The van der Waals surface area contributed by atoms with E-state index in [0.29, 0.717) is 0 Å². The molecule has 20 heavy (non-hydrogen) atoms. The number of hydrogen-bond acceptors (Lipinski definition) is 5. The monoisotopic (exact) mass is 305 g/mol. The fraction of sp³-hybridized carbons (Fsp3) is 0.750. The van der Waals surface area contributed by atoms with E-state index in [0.717, 1.165) is 6.42 Å². The first-order valence-electron chi connectivity index (χ1n) is 6.44. The number of nitrogens with one attached hydrogen (secondary N) is 2. The zero-order valence-electron chi connectivity index (χ0n) is 11.9. The van der Waals surface area contributed by atoms with Crippen LogP contribution in [0.1, 0.15) is 27.2 Å². The van der Waals surface area contributed by atoms with E-state index in [1.54, 1.807) is 0 Å². The molecular weight excluding hydrogens is 282 g/mol. The van der Waals surface area contributed by atoms with Crippen molar-refractivity contribution in [3.05, 3.63) is 0 Å². The van der Waals surface area contributed by atoms with Gasteiger partial charge in [-0.15, -0.1) is 0 Å². The van der Waals surface area contributed by atoms with Crippen LogP contribution in [0.5, 0.6) is 0 Å². The molecule has 0 aliphatic rings. The van der Waals surface area contributed by atoms with Crippen LogP contribution in [0.3, 0.4) is 0 Å². The van der Waals surface area contributed by atoms with Crippen LogP contribution in [0.25, 0.3) is 0 Å². The van der Waals surface area contributed by atoms with Crippen LogP contribution < -0.4 is 16.4 Å². The number of nitrogens with two attached hydrogens (primary N) is 1. The molecule has 0 rings (SSSR count). The maximum absolute atomic E-state index is 11.9. The predicted molar refractivity (Wildman–Crippen MR) is 78.5 cm³/mol. The second-order valence-corrected chi connectivity index (χ2v) is 5.09. The van der Waals surface area contributed by atoms with Crippen LogP contribution in [0.2, 0.25) is 0 Å². The van der Waals surface area contributed by atoms with Gasteiger partial charge < -0.3 is 21.5 Å². The summed E-state index contributed by atoms with van der Waals surface area (Å²) < 4.78 is 0. The van der Waals surface area contributed by atoms with E-state index >= 15 is 0 Å². The van der Waals surface area contributed by atoms with Crippen LogP contribution in [-0.2, 0) is 14.4 Å². The third-order valence-corrected chi connectivity index (χ3v) is 3.47. The average molecular weight is 305 g/mol. The third-order valence-electron chi connectivity index (χ3n) is 3.10. The van der Waals surface area contributed by atoms with E-state index in [9.17, 15) is 14.4 Å². The van der Waals surface area contributed by atoms with E-state index in [4.69, 9.17) is 10.8 Å². The summed E-state index contributed by atoms with van der Waals surface area (Å²) in [6, 6.07) is -2.67. The molecule has 5 N–H and O–H groups in total. The largest absolute Gasteiger partial charge is 0.480 e. The normalized spacial score (nSPS) is 16.6. The second-order valence-electron chi connectivity index (χ2n) is 4.72. The Bertz CT molecular complexity index is 365. The number of carboxylic acid groups (broad SMARTS) is 1. The molecule has 0 saturated carbocycles. The molecule has 0 unspecified atom stereocenters. The summed E-state index contributed by atoms with van der Waals surface area (Å²) in [4.78, 5) is 34.3. The molecule has 0 radical (unpaired) electrons. The van der Waals surface area contributed by atoms with Gasteiger partial charge in [0.1, 0.15) is 12.1 Å². The molecule has 0 aliphatic carbocycles. The molecule has 116 valence electrons. The highest BCUT2D eigenvalue weighted by Gasteiger charge is 2.26. The van der Waals surface area contributed by atoms with Crippen molar-refractivity contribution in [1.82, 2.24) is 10.6 Å². The summed E-state index contributed by atoms with van der Waals surface area (Å²) >= 11 is 3.98. The summed E-state index contributed by atoms with van der Waals surface area (Å²) in [5.74, 6) is -2.16. The molecule has 0 aromatic rings. The number of hydrogen-bond donors (Lipinski definition) is 5. The van der Waals surface area contributed by atoms with Crippen molar-refractivity contribution in [2.45, 2.75) is 45.3 Å². The van der Waals surface area contributed by atoms with Gasteiger partial charge in [-0.1, -0.05) is 20.3 Å². The van der Waals surface area contributed by atoms with Crippen LogP contribution in [0.15, 0.2) is 0 Å². The zero-order valence-corrected chi connectivity index (χ0v) is 12.8. The molecule has 0 aromatic carbocycles. The molecule has 2 amide bonds. The number of amides is 2. The highest BCUT2D eigenvalue weighted by molar-refractivity contribution is 7.80. The van der Waals surface area contributed by atoms with Crippen LogP contribution in [0, 0.1) is 5.92 Å². The van der Waals surface area contributed by atoms with E-state index in [1.807, 2.05) is 13.8 Å². The maximum atomic E-state index is 11.9. The maximum Gasteiger partial charge on any atom is 0.325 e. The van der Waals surface area contributed by atoms with Gasteiger partial charge in [0.25, 0.3) is 0 Å². The second kappa shape index (κ2) is 8.80. The number of carbonyl (C=O) groups excluding carboxylic acids is 2. The van der Waals surface area contributed by atoms with Gasteiger partial charge in [-0.05, 0) is 12.8 Å². The molecule has 0 saturated heterocycles. The lowest BCUT2D eigenvalue weighted by molar-refractivity contribution is -0.141. The van der Waals surface area contributed by atoms with Gasteiger partial charge in [0.2, 0.25) is 11.8 Å². The highest BCUT2D eigenvalue weighted by atomic mass is 32.1. The highest BCUT2D eigenvalue weighted by Crippen LogP contribution is 2.05. The van der Waals surface area contributed by atoms with Crippen LogP contribution >= 0.6 is 12.6 Å². The Kier molecular flexibility index (Phi) is 8.24. The van der Waals surface area contributed by atoms with Crippen molar-refractivity contribution in [2.24, 2.45) is 11.7 Å². The van der Waals surface area contributed by atoms with Gasteiger partial charge in [0, 0.05) is 5.75 Å². The van der Waals surface area contributed by atoms with Gasteiger partial charge >= 0.3 is 5.97 Å². The van der Waals surface area contributed by atoms with E-state index in [2.05, 4.69) is 23.3 Å². The van der Waals surface area contributed by atoms with E-state index in [1.165, 1.54) is 6.92 Å². The number of carbonyl (C=O) groups is 3. The van der Waals surface area contributed by atoms with Crippen molar-refractivity contribution in [1.29, 1.82) is 0 Å². The fourth-order valence-electron chi connectivity index (χ4n) is 1.35. The van der Waals surface area contributed by atoms with Gasteiger partial charge in [0.15, 0.2) is 0 Å². The Hall–Kier alpha value is -1.28. The number of rotatable bonds is 8. The van der Waals surface area contributed by atoms with Crippen molar-refractivity contribution < 1.29 is 19.5 Å². The summed E-state index contributed by atoms with van der Waals surface area (Å²) in [5.41, 5.74) is 5.76. The molecule has 8 heteroatoms. The zero-order chi connectivity index (χ0) is 15.9. The number of carboxylic acids is 1. The van der Waals surface area contributed by atoms with E-state index in [-0.39, 0.29) is 11.7 Å². The summed E-state index contributed by atoms with van der Waals surface area (Å²) in [5, 5.41) is 13.5. The number of aliphatic carboxylic acids is 1. The quantitative estimate of drug-likeness (QED) is 0.382. The minimum Gasteiger partial charge on any atom is -0.480 e. The Morgan fingerprint density at radius 2 is 1.75 bits per heavy atom. The molecule has 0 bridgehead atoms. The smallest absolute Gasteiger partial charge is 0.325 e. The first-order valence-corrected chi connectivity index (χ1v) is 7.07. The molecule has 7 nitrogen and oxygen atoms in total. The minimum atomic E-state index is -1.15. The van der Waals surface area contributed by atoms with E-state index < -0.39 is 35.9 Å². The summed E-state index contributed by atoms with van der Waals surface area (Å²) in [6.45, 7) is 5.09. The molecule has 0 fully saturated rings. The SMILES string of the molecule is CC[C@H](C)[C@H](N)C(=O)N[C@@H](CS)C(=O)N[C@@H](C)C(=O)O. The summed E-state index contributed by atoms with van der Waals surface area (Å²) in [7, 11) is 0. The average Bonchev–Trinajstić information content (AvgIpc) is 2.41. The van der Waals surface area contributed by atoms with Crippen molar-refractivity contribution in [2.75, 3.05) is 5.75 Å². The third kappa shape index (κ3) is 5.79. The van der Waals surface area contributed by atoms with Gasteiger partial charge in [-0.2, -0.15) is 12.6 Å². The minimum absolute atomic E-state index is 0.0171. The molecule has 0 heterocycles. The lowest BCUT2D eigenvalue weighted by Crippen LogP contribution is -2.55. The van der Waals surface area contributed by atoms with Crippen molar-refractivity contribution in [3.63, 3.8) is 0 Å². The Morgan fingerprint density at radius 3 is 2.15 bits per heavy atom. The number of thiol groups is 1. The predicted octanol–water partition coefficient (Wildman–Crippen LogP) is -0.636. The topological polar surface area (TPSA) is 122 Å². The molecule has 0 spiro atoms. The van der Waals surface area contributed by atoms with Crippen molar-refractivity contribution in [3.8, 4) is 0 Å². The lowest BCUT2D eigenvalue weighted by atomic mass is 9.99. The fourth-order valence-corrected chi connectivity index (χ4v) is 1.61. The van der Waals surface area contributed by atoms with Gasteiger partial charge in [-0.25, -0.2) is 0 Å². The molecule has 0 aromatic heterocycles. The van der Waals surface area contributed by atoms with Crippen molar-refractivity contribution >= 4 is 30.4 Å². The first kappa shape index (κ1) is 18.7. The standard InChI is InChI=1S/C12H23N3O4S/c1-4-6(2)9(13)11(17)15-8(5-20)10(16)14-7(3)12(18)19/h6-9,20H,4-5,13H2,1-3H3,(H,14,16)(H,15,17)(H,18,19)/t6-,7-,8-,9-/m0/s1. The van der Waals surface area contributed by atoms with Crippen LogP contribution in [-0.4, -0.2) is 46.8 Å². The Labute approximate surface area is 124 Å². The lowest BCUT2D eigenvalue weighted by Gasteiger charge is -2.22. The Balaban J connectivity index is 4.58.